The minimum absolute atomic E-state index is 0.187. The van der Waals surface area contributed by atoms with Crippen LogP contribution in [0.2, 0.25) is 0 Å². The van der Waals surface area contributed by atoms with Crippen molar-refractivity contribution in [2.24, 2.45) is 5.92 Å². The molecule has 0 radical (unpaired) electrons. The first-order valence-corrected chi connectivity index (χ1v) is 7.53. The third-order valence-electron chi connectivity index (χ3n) is 4.43. The summed E-state index contributed by atoms with van der Waals surface area (Å²) >= 11 is 0. The van der Waals surface area contributed by atoms with E-state index >= 15 is 0 Å². The highest BCUT2D eigenvalue weighted by molar-refractivity contribution is 5.50. The van der Waals surface area contributed by atoms with Gasteiger partial charge >= 0.3 is 0 Å². The van der Waals surface area contributed by atoms with Gasteiger partial charge in [0.1, 0.15) is 17.7 Å². The van der Waals surface area contributed by atoms with Gasteiger partial charge in [-0.1, -0.05) is 12.1 Å². The summed E-state index contributed by atoms with van der Waals surface area (Å²) in [5.41, 5.74) is 0.403. The van der Waals surface area contributed by atoms with Crippen molar-refractivity contribution < 1.29 is 9.47 Å². The van der Waals surface area contributed by atoms with Crippen molar-refractivity contribution in [3.63, 3.8) is 0 Å². The van der Waals surface area contributed by atoms with Crippen LogP contribution in [0.1, 0.15) is 32.3 Å². The van der Waals surface area contributed by atoms with Crippen molar-refractivity contribution in [1.82, 2.24) is 5.32 Å². The van der Waals surface area contributed by atoms with Crippen LogP contribution in [-0.2, 0) is 6.42 Å². The van der Waals surface area contributed by atoms with Gasteiger partial charge in [-0.15, -0.1) is 0 Å². The average Bonchev–Trinajstić information content (AvgIpc) is 3.23. The molecule has 1 N–H and O–H groups in total. The van der Waals surface area contributed by atoms with Crippen LogP contribution in [-0.4, -0.2) is 24.8 Å². The Morgan fingerprint density at radius 1 is 1.48 bits per heavy atom. The number of nitriles is 1. The van der Waals surface area contributed by atoms with Gasteiger partial charge in [0.25, 0.3) is 0 Å². The Balaban J connectivity index is 1.78. The molecule has 4 heteroatoms. The second-order valence-electron chi connectivity index (χ2n) is 6.68. The molecule has 2 aliphatic rings. The first-order valence-electron chi connectivity index (χ1n) is 7.53. The van der Waals surface area contributed by atoms with Crippen LogP contribution < -0.4 is 14.8 Å². The molecule has 1 aliphatic heterocycles. The summed E-state index contributed by atoms with van der Waals surface area (Å²) < 4.78 is 12.0. The van der Waals surface area contributed by atoms with Crippen LogP contribution in [0.5, 0.6) is 11.5 Å². The number of fused-ring (bicyclic) bond motifs is 1. The van der Waals surface area contributed by atoms with Crippen LogP contribution in [0.3, 0.4) is 0 Å². The van der Waals surface area contributed by atoms with Gasteiger partial charge in [-0.3, -0.25) is 5.32 Å². The van der Waals surface area contributed by atoms with E-state index in [9.17, 15) is 5.26 Å². The van der Waals surface area contributed by atoms with E-state index in [0.29, 0.717) is 12.5 Å². The Kier molecular flexibility index (Phi) is 3.33. The van der Waals surface area contributed by atoms with Crippen LogP contribution in [0, 0.1) is 17.2 Å². The lowest BCUT2D eigenvalue weighted by Gasteiger charge is -2.26. The third kappa shape index (κ3) is 2.58. The molecule has 1 unspecified atom stereocenters. The summed E-state index contributed by atoms with van der Waals surface area (Å²) in [4.78, 5) is 0. The fourth-order valence-corrected chi connectivity index (χ4v) is 3.04. The molecule has 1 atom stereocenters. The Morgan fingerprint density at radius 2 is 2.24 bits per heavy atom. The minimum Gasteiger partial charge on any atom is -0.487 e. The average molecular weight is 286 g/mol. The highest BCUT2D eigenvalue weighted by Crippen LogP contribution is 2.43. The zero-order valence-corrected chi connectivity index (χ0v) is 12.9. The molecule has 0 saturated heterocycles. The Labute approximate surface area is 126 Å². The molecule has 1 heterocycles. The van der Waals surface area contributed by atoms with E-state index in [0.717, 1.165) is 30.8 Å². The van der Waals surface area contributed by atoms with Gasteiger partial charge in [-0.05, 0) is 45.7 Å². The first-order chi connectivity index (χ1) is 10.00. The smallest absolute Gasteiger partial charge is 0.165 e. The number of benzene rings is 1. The van der Waals surface area contributed by atoms with Crippen molar-refractivity contribution >= 4 is 0 Å². The molecule has 1 aromatic carbocycles. The lowest BCUT2D eigenvalue weighted by molar-refractivity contribution is 0.128. The van der Waals surface area contributed by atoms with Crippen molar-refractivity contribution in [3.8, 4) is 17.6 Å². The van der Waals surface area contributed by atoms with E-state index in [1.54, 1.807) is 0 Å². The van der Waals surface area contributed by atoms with Gasteiger partial charge in [0.2, 0.25) is 0 Å². The molecule has 1 aromatic rings. The van der Waals surface area contributed by atoms with Gasteiger partial charge in [0, 0.05) is 12.0 Å². The molecule has 21 heavy (non-hydrogen) atoms. The molecular weight excluding hydrogens is 264 g/mol. The molecule has 1 saturated carbocycles. The summed E-state index contributed by atoms with van der Waals surface area (Å²) in [7, 11) is 1.83. The largest absolute Gasteiger partial charge is 0.487 e. The molecule has 4 nitrogen and oxygen atoms in total. The number of ether oxygens (including phenoxy) is 2. The van der Waals surface area contributed by atoms with E-state index < -0.39 is 5.54 Å². The van der Waals surface area contributed by atoms with Crippen molar-refractivity contribution in [2.75, 3.05) is 13.7 Å². The van der Waals surface area contributed by atoms with Gasteiger partial charge < -0.3 is 9.47 Å². The van der Waals surface area contributed by atoms with Gasteiger partial charge in [0.15, 0.2) is 11.5 Å². The number of hydrogen-bond donors (Lipinski definition) is 1. The minimum atomic E-state index is -0.586. The molecule has 1 aliphatic carbocycles. The maximum atomic E-state index is 9.52. The molecule has 112 valence electrons. The zero-order valence-electron chi connectivity index (χ0n) is 12.9. The molecule has 0 spiro atoms. The molecule has 0 amide bonds. The highest BCUT2D eigenvalue weighted by Gasteiger charge is 2.46. The first kappa shape index (κ1) is 14.2. The van der Waals surface area contributed by atoms with Crippen molar-refractivity contribution in [2.45, 2.75) is 44.2 Å². The molecule has 3 rings (SSSR count). The fourth-order valence-electron chi connectivity index (χ4n) is 3.04. The normalized spacial score (nSPS) is 21.8. The molecule has 1 fully saturated rings. The molecule has 0 aromatic heterocycles. The monoisotopic (exact) mass is 286 g/mol. The number of para-hydroxylation sites is 1. The SMILES string of the molecule is CNC(C#N)(COc1cccc2c1OC(C)(C)C2)C1CC1. The summed E-state index contributed by atoms with van der Waals surface area (Å²) in [5.74, 6) is 1.97. The number of hydrogen-bond acceptors (Lipinski definition) is 4. The number of likely N-dealkylation sites (N-methyl/N-ethyl adjacent to an activating group) is 1. The van der Waals surface area contributed by atoms with Gasteiger partial charge in [-0.25, -0.2) is 0 Å². The number of rotatable bonds is 5. The van der Waals surface area contributed by atoms with E-state index in [4.69, 9.17) is 9.47 Å². The van der Waals surface area contributed by atoms with Gasteiger partial charge in [-0.2, -0.15) is 5.26 Å². The lowest BCUT2D eigenvalue weighted by Crippen LogP contribution is -2.49. The summed E-state index contributed by atoms with van der Waals surface area (Å²) in [5, 5.41) is 12.7. The predicted octanol–water partition coefficient (Wildman–Crippen LogP) is 2.67. The van der Waals surface area contributed by atoms with E-state index in [1.807, 2.05) is 19.2 Å². The van der Waals surface area contributed by atoms with Crippen LogP contribution in [0.25, 0.3) is 0 Å². The van der Waals surface area contributed by atoms with Crippen LogP contribution in [0.4, 0.5) is 0 Å². The lowest BCUT2D eigenvalue weighted by atomic mass is 9.96. The predicted molar refractivity (Wildman–Crippen MR) is 80.5 cm³/mol. The maximum Gasteiger partial charge on any atom is 0.165 e. The van der Waals surface area contributed by atoms with Crippen molar-refractivity contribution in [3.05, 3.63) is 23.8 Å². The van der Waals surface area contributed by atoms with Crippen LogP contribution >= 0.6 is 0 Å². The van der Waals surface area contributed by atoms with Crippen molar-refractivity contribution in [1.29, 1.82) is 5.26 Å². The summed E-state index contributed by atoms with van der Waals surface area (Å²) in [6.45, 7) is 4.51. The van der Waals surface area contributed by atoms with Crippen LogP contribution in [0.15, 0.2) is 18.2 Å². The van der Waals surface area contributed by atoms with E-state index in [-0.39, 0.29) is 5.60 Å². The quantitative estimate of drug-likeness (QED) is 0.904. The third-order valence-corrected chi connectivity index (χ3v) is 4.43. The summed E-state index contributed by atoms with van der Waals surface area (Å²) in [6, 6.07) is 8.39. The zero-order chi connectivity index (χ0) is 15.1. The highest BCUT2D eigenvalue weighted by atomic mass is 16.5. The van der Waals surface area contributed by atoms with E-state index in [1.165, 1.54) is 5.56 Å². The standard InChI is InChI=1S/C17H22N2O2/c1-16(2)9-12-5-4-6-14(15(12)21-16)20-11-17(10-18,19-3)13-7-8-13/h4-6,13,19H,7-9,11H2,1-3H3. The Bertz CT molecular complexity index is 587. The molecule has 0 bridgehead atoms. The number of nitrogens with one attached hydrogen (secondary N) is 1. The second kappa shape index (κ2) is 4.92. The maximum absolute atomic E-state index is 9.52. The summed E-state index contributed by atoms with van der Waals surface area (Å²) in [6.07, 6.45) is 3.07. The molecular formula is C17H22N2O2. The van der Waals surface area contributed by atoms with E-state index in [2.05, 4.69) is 31.3 Å². The topological polar surface area (TPSA) is 54.3 Å². The Hall–Kier alpha value is -1.73. The Morgan fingerprint density at radius 3 is 2.86 bits per heavy atom. The fraction of sp³-hybridized carbons (Fsp3) is 0.588. The van der Waals surface area contributed by atoms with Gasteiger partial charge in [0.05, 0.1) is 6.07 Å². The second-order valence-corrected chi connectivity index (χ2v) is 6.68. The number of nitrogens with zero attached hydrogens (tertiary/aromatic N) is 1.